The molecule has 0 bridgehead atoms. The first kappa shape index (κ1) is 19.0. The molecule has 0 saturated heterocycles. The second kappa shape index (κ2) is 8.73. The van der Waals surface area contributed by atoms with Crippen LogP contribution in [0.4, 0.5) is 0 Å². The summed E-state index contributed by atoms with van der Waals surface area (Å²) in [5, 5.41) is 9.31. The van der Waals surface area contributed by atoms with Gasteiger partial charge in [-0.05, 0) is 43.3 Å². The first-order chi connectivity index (χ1) is 13.2. The number of carbonyl (C=O) groups excluding carboxylic acids is 1. The summed E-state index contributed by atoms with van der Waals surface area (Å²) in [7, 11) is 3.23. The van der Waals surface area contributed by atoms with E-state index in [0.29, 0.717) is 17.3 Å². The molecule has 0 N–H and O–H groups in total. The third-order valence-corrected chi connectivity index (χ3v) is 5.09. The number of ketones is 1. The van der Waals surface area contributed by atoms with Gasteiger partial charge in [-0.2, -0.15) is 0 Å². The van der Waals surface area contributed by atoms with Gasteiger partial charge in [0.25, 0.3) is 0 Å². The molecule has 0 saturated carbocycles. The number of para-hydroxylation sites is 1. The monoisotopic (exact) mass is 383 g/mol. The third-order valence-electron chi connectivity index (χ3n) is 4.13. The fraction of sp³-hybridized carbons (Fsp3) is 0.250. The molecule has 0 aliphatic rings. The SMILES string of the molecule is CCn1c(SCC(=O)c2ccc(OC)cc2)nnc1-c1ccccc1OC. The average Bonchev–Trinajstić information content (AvgIpc) is 3.14. The molecule has 140 valence electrons. The van der Waals surface area contributed by atoms with E-state index in [4.69, 9.17) is 9.47 Å². The highest BCUT2D eigenvalue weighted by Crippen LogP contribution is 2.31. The van der Waals surface area contributed by atoms with Gasteiger partial charge in [-0.3, -0.25) is 4.79 Å². The summed E-state index contributed by atoms with van der Waals surface area (Å²) in [6.45, 7) is 2.72. The Balaban J connectivity index is 1.77. The molecule has 7 heteroatoms. The number of aromatic nitrogens is 3. The molecule has 3 rings (SSSR count). The second-order valence-electron chi connectivity index (χ2n) is 5.69. The summed E-state index contributed by atoms with van der Waals surface area (Å²) < 4.78 is 12.5. The van der Waals surface area contributed by atoms with Crippen molar-refractivity contribution in [2.24, 2.45) is 0 Å². The lowest BCUT2D eigenvalue weighted by Crippen LogP contribution is -2.05. The van der Waals surface area contributed by atoms with Crippen molar-refractivity contribution in [3.63, 3.8) is 0 Å². The van der Waals surface area contributed by atoms with Gasteiger partial charge in [0.1, 0.15) is 11.5 Å². The van der Waals surface area contributed by atoms with Crippen LogP contribution >= 0.6 is 11.8 Å². The van der Waals surface area contributed by atoms with Crippen LogP contribution in [0.2, 0.25) is 0 Å². The highest BCUT2D eigenvalue weighted by molar-refractivity contribution is 7.99. The summed E-state index contributed by atoms with van der Waals surface area (Å²) in [6, 6.07) is 14.8. The third kappa shape index (κ3) is 4.14. The molecule has 0 aliphatic heterocycles. The zero-order valence-corrected chi connectivity index (χ0v) is 16.3. The lowest BCUT2D eigenvalue weighted by molar-refractivity contribution is 0.102. The number of rotatable bonds is 8. The van der Waals surface area contributed by atoms with Crippen molar-refractivity contribution >= 4 is 17.5 Å². The maximum atomic E-state index is 12.5. The van der Waals surface area contributed by atoms with E-state index in [0.717, 1.165) is 22.9 Å². The van der Waals surface area contributed by atoms with Crippen LogP contribution in [0.15, 0.2) is 53.7 Å². The first-order valence-corrected chi connectivity index (χ1v) is 9.53. The van der Waals surface area contributed by atoms with Crippen LogP contribution in [0.5, 0.6) is 11.5 Å². The van der Waals surface area contributed by atoms with Gasteiger partial charge in [0, 0.05) is 12.1 Å². The quantitative estimate of drug-likeness (QED) is 0.433. The number of carbonyl (C=O) groups is 1. The van der Waals surface area contributed by atoms with Gasteiger partial charge in [-0.1, -0.05) is 23.9 Å². The van der Waals surface area contributed by atoms with Crippen LogP contribution in [0.3, 0.4) is 0 Å². The molecule has 0 fully saturated rings. The van der Waals surface area contributed by atoms with Crippen molar-refractivity contribution in [1.29, 1.82) is 0 Å². The summed E-state index contributed by atoms with van der Waals surface area (Å²) in [5.74, 6) is 2.52. The van der Waals surface area contributed by atoms with Crippen molar-refractivity contribution in [2.75, 3.05) is 20.0 Å². The maximum Gasteiger partial charge on any atom is 0.191 e. The molecule has 0 spiro atoms. The van der Waals surface area contributed by atoms with Gasteiger partial charge in [-0.15, -0.1) is 10.2 Å². The fourth-order valence-electron chi connectivity index (χ4n) is 2.70. The number of thioether (sulfide) groups is 1. The van der Waals surface area contributed by atoms with Gasteiger partial charge in [-0.25, -0.2) is 0 Å². The molecule has 0 amide bonds. The molecule has 2 aromatic carbocycles. The van der Waals surface area contributed by atoms with E-state index in [9.17, 15) is 4.79 Å². The first-order valence-electron chi connectivity index (χ1n) is 8.54. The van der Waals surface area contributed by atoms with Crippen molar-refractivity contribution in [1.82, 2.24) is 14.8 Å². The highest BCUT2D eigenvalue weighted by atomic mass is 32.2. The smallest absolute Gasteiger partial charge is 0.191 e. The van der Waals surface area contributed by atoms with E-state index in [1.165, 1.54) is 11.8 Å². The predicted molar refractivity (Wildman–Crippen MR) is 106 cm³/mol. The number of nitrogens with zero attached hydrogens (tertiary/aromatic N) is 3. The van der Waals surface area contributed by atoms with E-state index < -0.39 is 0 Å². The molecule has 27 heavy (non-hydrogen) atoms. The lowest BCUT2D eigenvalue weighted by atomic mass is 10.1. The van der Waals surface area contributed by atoms with E-state index in [-0.39, 0.29) is 11.5 Å². The fourth-order valence-corrected chi connectivity index (χ4v) is 3.60. The molecule has 0 radical (unpaired) electrons. The summed E-state index contributed by atoms with van der Waals surface area (Å²) in [5.41, 5.74) is 1.53. The molecule has 1 heterocycles. The maximum absolute atomic E-state index is 12.5. The van der Waals surface area contributed by atoms with Gasteiger partial charge < -0.3 is 14.0 Å². The molecule has 0 atom stereocenters. The van der Waals surface area contributed by atoms with Crippen LogP contribution in [0.25, 0.3) is 11.4 Å². The lowest BCUT2D eigenvalue weighted by Gasteiger charge is -2.10. The van der Waals surface area contributed by atoms with Gasteiger partial charge in [0.15, 0.2) is 16.8 Å². The van der Waals surface area contributed by atoms with Gasteiger partial charge in [0.05, 0.1) is 25.5 Å². The Morgan fingerprint density at radius 3 is 2.44 bits per heavy atom. The van der Waals surface area contributed by atoms with E-state index in [1.54, 1.807) is 38.5 Å². The standard InChI is InChI=1S/C20H21N3O3S/c1-4-23-19(16-7-5-6-8-18(16)26-3)21-22-20(23)27-13-17(24)14-9-11-15(25-2)12-10-14/h5-12H,4,13H2,1-3H3. The number of methoxy groups -OCH3 is 2. The molecule has 1 aromatic heterocycles. The van der Waals surface area contributed by atoms with E-state index in [2.05, 4.69) is 10.2 Å². The molecular formula is C20H21N3O3S. The van der Waals surface area contributed by atoms with Crippen molar-refractivity contribution in [3.8, 4) is 22.9 Å². The summed E-state index contributed by atoms with van der Waals surface area (Å²) >= 11 is 1.38. The summed E-state index contributed by atoms with van der Waals surface area (Å²) in [4.78, 5) is 12.5. The molecule has 3 aromatic rings. The highest BCUT2D eigenvalue weighted by Gasteiger charge is 2.17. The number of benzene rings is 2. The molecule has 0 unspecified atom stereocenters. The number of hydrogen-bond acceptors (Lipinski definition) is 6. The van der Waals surface area contributed by atoms with Gasteiger partial charge >= 0.3 is 0 Å². The molecule has 0 aliphatic carbocycles. The second-order valence-corrected chi connectivity index (χ2v) is 6.63. The number of ether oxygens (including phenoxy) is 2. The average molecular weight is 383 g/mol. The number of hydrogen-bond donors (Lipinski definition) is 0. The molecule has 6 nitrogen and oxygen atoms in total. The predicted octanol–water partition coefficient (Wildman–Crippen LogP) is 3.96. The van der Waals surface area contributed by atoms with Crippen LogP contribution in [0, 0.1) is 0 Å². The zero-order chi connectivity index (χ0) is 19.2. The largest absolute Gasteiger partial charge is 0.497 e. The van der Waals surface area contributed by atoms with E-state index >= 15 is 0 Å². The zero-order valence-electron chi connectivity index (χ0n) is 15.5. The minimum Gasteiger partial charge on any atom is -0.497 e. The van der Waals surface area contributed by atoms with Crippen LogP contribution in [-0.2, 0) is 6.54 Å². The van der Waals surface area contributed by atoms with Crippen molar-refractivity contribution in [3.05, 3.63) is 54.1 Å². The Labute approximate surface area is 162 Å². The topological polar surface area (TPSA) is 66.2 Å². The number of Topliss-reactive ketones (excluding diaryl/α,β-unsaturated/α-hetero) is 1. The molecular weight excluding hydrogens is 362 g/mol. The van der Waals surface area contributed by atoms with Crippen LogP contribution in [-0.4, -0.2) is 40.5 Å². The van der Waals surface area contributed by atoms with Crippen molar-refractivity contribution in [2.45, 2.75) is 18.6 Å². The summed E-state index contributed by atoms with van der Waals surface area (Å²) in [6.07, 6.45) is 0. The minimum atomic E-state index is 0.0344. The Morgan fingerprint density at radius 1 is 1.04 bits per heavy atom. The normalized spacial score (nSPS) is 10.6. The van der Waals surface area contributed by atoms with Crippen LogP contribution < -0.4 is 9.47 Å². The Kier molecular flexibility index (Phi) is 6.13. The van der Waals surface area contributed by atoms with Crippen LogP contribution in [0.1, 0.15) is 17.3 Å². The van der Waals surface area contributed by atoms with Gasteiger partial charge in [0.2, 0.25) is 0 Å². The Morgan fingerprint density at radius 2 is 1.78 bits per heavy atom. The minimum absolute atomic E-state index is 0.0344. The Hall–Kier alpha value is -2.80. The van der Waals surface area contributed by atoms with Crippen molar-refractivity contribution < 1.29 is 14.3 Å². The Bertz CT molecular complexity index is 922. The van der Waals surface area contributed by atoms with E-state index in [1.807, 2.05) is 35.8 Å².